The Labute approximate surface area is 117 Å². The standard InChI is InChI=1S/C15H18F3NO/c1-3-5-6-9-20-14-8-7-12(11-19-4-2)10-13(14)15(16,17)18/h7-8,10,19H,4,6,9,11H2,1-2H3. The average molecular weight is 285 g/mol. The van der Waals surface area contributed by atoms with E-state index in [2.05, 4.69) is 17.2 Å². The van der Waals surface area contributed by atoms with Crippen LogP contribution < -0.4 is 10.1 Å². The van der Waals surface area contributed by atoms with Crippen LogP contribution in [0.4, 0.5) is 13.2 Å². The smallest absolute Gasteiger partial charge is 0.419 e. The summed E-state index contributed by atoms with van der Waals surface area (Å²) in [6, 6.07) is 4.14. The lowest BCUT2D eigenvalue weighted by Crippen LogP contribution is -2.14. The van der Waals surface area contributed by atoms with Crippen molar-refractivity contribution in [3.63, 3.8) is 0 Å². The minimum absolute atomic E-state index is 0.143. The fourth-order valence-corrected chi connectivity index (χ4v) is 1.64. The molecule has 1 N–H and O–H groups in total. The molecule has 0 atom stereocenters. The summed E-state index contributed by atoms with van der Waals surface area (Å²) < 4.78 is 44.2. The van der Waals surface area contributed by atoms with Crippen LogP contribution in [0.3, 0.4) is 0 Å². The van der Waals surface area contributed by atoms with Gasteiger partial charge in [0.15, 0.2) is 0 Å². The fraction of sp³-hybridized carbons (Fsp3) is 0.467. The molecule has 5 heteroatoms. The molecule has 1 aromatic rings. The van der Waals surface area contributed by atoms with Gasteiger partial charge in [-0.3, -0.25) is 0 Å². The average Bonchev–Trinajstić information content (AvgIpc) is 2.41. The Kier molecular flexibility index (Phi) is 6.40. The topological polar surface area (TPSA) is 21.3 Å². The van der Waals surface area contributed by atoms with Gasteiger partial charge >= 0.3 is 6.18 Å². The normalized spacial score (nSPS) is 10.8. The summed E-state index contributed by atoms with van der Waals surface area (Å²) in [6.07, 6.45) is -4.01. The van der Waals surface area contributed by atoms with E-state index in [4.69, 9.17) is 4.74 Å². The van der Waals surface area contributed by atoms with Crippen LogP contribution in [0.25, 0.3) is 0 Å². The summed E-state index contributed by atoms with van der Waals surface area (Å²) in [5.74, 6) is 5.28. The molecule has 1 aromatic carbocycles. The SMILES string of the molecule is CC#CCCOc1ccc(CNCC)cc1C(F)(F)F. The van der Waals surface area contributed by atoms with Crippen molar-refractivity contribution < 1.29 is 17.9 Å². The van der Waals surface area contributed by atoms with E-state index in [0.29, 0.717) is 25.1 Å². The molecule has 0 fully saturated rings. The van der Waals surface area contributed by atoms with Crippen molar-refractivity contribution in [3.05, 3.63) is 29.3 Å². The number of benzene rings is 1. The first kappa shape index (κ1) is 16.4. The zero-order valence-electron chi connectivity index (χ0n) is 11.6. The van der Waals surface area contributed by atoms with Crippen molar-refractivity contribution in [3.8, 4) is 17.6 Å². The Morgan fingerprint density at radius 2 is 2.05 bits per heavy atom. The van der Waals surface area contributed by atoms with Crippen LogP contribution in [0.5, 0.6) is 5.75 Å². The molecule has 0 aromatic heterocycles. The molecule has 0 bridgehead atoms. The van der Waals surface area contributed by atoms with E-state index in [9.17, 15) is 13.2 Å². The maximum Gasteiger partial charge on any atom is 0.419 e. The first-order chi connectivity index (χ1) is 9.49. The molecule has 0 unspecified atom stereocenters. The first-order valence-electron chi connectivity index (χ1n) is 6.42. The number of ether oxygens (including phenoxy) is 1. The monoisotopic (exact) mass is 285 g/mol. The Bertz CT molecular complexity index is 486. The van der Waals surface area contributed by atoms with Crippen molar-refractivity contribution in [2.24, 2.45) is 0 Å². The Balaban J connectivity index is 2.88. The van der Waals surface area contributed by atoms with Crippen molar-refractivity contribution in [2.75, 3.05) is 13.2 Å². The zero-order valence-corrected chi connectivity index (χ0v) is 11.6. The van der Waals surface area contributed by atoms with E-state index in [1.54, 1.807) is 13.0 Å². The fourth-order valence-electron chi connectivity index (χ4n) is 1.64. The van der Waals surface area contributed by atoms with Gasteiger partial charge in [-0.1, -0.05) is 13.0 Å². The van der Waals surface area contributed by atoms with Gasteiger partial charge in [0.05, 0.1) is 12.2 Å². The molecule has 0 aliphatic carbocycles. The van der Waals surface area contributed by atoms with E-state index in [-0.39, 0.29) is 12.4 Å². The molecular weight excluding hydrogens is 267 g/mol. The summed E-state index contributed by atoms with van der Waals surface area (Å²) in [4.78, 5) is 0. The summed E-state index contributed by atoms with van der Waals surface area (Å²) in [7, 11) is 0. The molecule has 0 radical (unpaired) electrons. The van der Waals surface area contributed by atoms with Gasteiger partial charge in [0.2, 0.25) is 0 Å². The number of halogens is 3. The number of hydrogen-bond acceptors (Lipinski definition) is 2. The summed E-state index contributed by atoms with van der Waals surface area (Å²) in [6.45, 7) is 4.83. The quantitative estimate of drug-likeness (QED) is 0.637. The van der Waals surface area contributed by atoms with Crippen LogP contribution in [0, 0.1) is 11.8 Å². The van der Waals surface area contributed by atoms with Crippen molar-refractivity contribution >= 4 is 0 Å². The van der Waals surface area contributed by atoms with E-state index in [1.807, 2.05) is 6.92 Å². The number of hydrogen-bond donors (Lipinski definition) is 1. The Morgan fingerprint density at radius 1 is 1.30 bits per heavy atom. The highest BCUT2D eigenvalue weighted by Gasteiger charge is 2.34. The van der Waals surface area contributed by atoms with Crippen molar-refractivity contribution in [2.45, 2.75) is 33.0 Å². The Morgan fingerprint density at radius 3 is 2.65 bits per heavy atom. The van der Waals surface area contributed by atoms with E-state index >= 15 is 0 Å². The molecule has 1 rings (SSSR count). The van der Waals surface area contributed by atoms with Gasteiger partial charge in [-0.05, 0) is 31.2 Å². The van der Waals surface area contributed by atoms with Crippen LogP contribution in [-0.2, 0) is 12.7 Å². The van der Waals surface area contributed by atoms with Crippen LogP contribution in [0.15, 0.2) is 18.2 Å². The van der Waals surface area contributed by atoms with Crippen molar-refractivity contribution in [1.82, 2.24) is 5.32 Å². The second-order valence-electron chi connectivity index (χ2n) is 4.13. The lowest BCUT2D eigenvalue weighted by atomic mass is 10.1. The summed E-state index contributed by atoms with van der Waals surface area (Å²) in [5.41, 5.74) is -0.155. The highest BCUT2D eigenvalue weighted by molar-refractivity contribution is 5.39. The number of rotatable bonds is 6. The molecule has 110 valence electrons. The molecule has 0 aliphatic rings. The lowest BCUT2D eigenvalue weighted by Gasteiger charge is -2.15. The predicted molar refractivity (Wildman–Crippen MR) is 72.4 cm³/mol. The summed E-state index contributed by atoms with van der Waals surface area (Å²) >= 11 is 0. The molecule has 0 amide bonds. The molecule has 0 saturated carbocycles. The maximum atomic E-state index is 13.0. The van der Waals surface area contributed by atoms with Crippen LogP contribution in [0.1, 0.15) is 31.4 Å². The van der Waals surface area contributed by atoms with Gasteiger partial charge in [-0.25, -0.2) is 0 Å². The molecular formula is C15H18F3NO. The Hall–Kier alpha value is -1.67. The molecule has 0 saturated heterocycles. The van der Waals surface area contributed by atoms with E-state index in [0.717, 1.165) is 6.07 Å². The third kappa shape index (κ3) is 5.14. The van der Waals surface area contributed by atoms with Gasteiger partial charge < -0.3 is 10.1 Å². The van der Waals surface area contributed by atoms with Crippen LogP contribution >= 0.6 is 0 Å². The van der Waals surface area contributed by atoms with Gasteiger partial charge in [-0.15, -0.1) is 11.8 Å². The van der Waals surface area contributed by atoms with E-state index < -0.39 is 11.7 Å². The van der Waals surface area contributed by atoms with Crippen LogP contribution in [0.2, 0.25) is 0 Å². The molecule has 20 heavy (non-hydrogen) atoms. The van der Waals surface area contributed by atoms with Gasteiger partial charge in [0, 0.05) is 13.0 Å². The third-order valence-electron chi connectivity index (χ3n) is 2.59. The maximum absolute atomic E-state index is 13.0. The summed E-state index contributed by atoms with van der Waals surface area (Å²) in [5, 5.41) is 3.00. The largest absolute Gasteiger partial charge is 0.492 e. The third-order valence-corrected chi connectivity index (χ3v) is 2.59. The highest BCUT2D eigenvalue weighted by atomic mass is 19.4. The van der Waals surface area contributed by atoms with E-state index in [1.165, 1.54) is 6.07 Å². The molecule has 0 spiro atoms. The van der Waals surface area contributed by atoms with Crippen molar-refractivity contribution in [1.29, 1.82) is 0 Å². The second kappa shape index (κ2) is 7.81. The zero-order chi connectivity index (χ0) is 15.0. The van der Waals surface area contributed by atoms with Crippen LogP contribution in [-0.4, -0.2) is 13.2 Å². The predicted octanol–water partition coefficient (Wildman–Crippen LogP) is 3.61. The molecule has 2 nitrogen and oxygen atoms in total. The minimum atomic E-state index is -4.42. The number of nitrogens with one attached hydrogen (secondary N) is 1. The first-order valence-corrected chi connectivity index (χ1v) is 6.42. The van der Waals surface area contributed by atoms with Gasteiger partial charge in [0.1, 0.15) is 5.75 Å². The van der Waals surface area contributed by atoms with Gasteiger partial charge in [0.25, 0.3) is 0 Å². The number of alkyl halides is 3. The highest BCUT2D eigenvalue weighted by Crippen LogP contribution is 2.36. The molecule has 0 aliphatic heterocycles. The van der Waals surface area contributed by atoms with Gasteiger partial charge in [-0.2, -0.15) is 13.2 Å². The molecule has 0 heterocycles. The minimum Gasteiger partial charge on any atom is -0.492 e. The second-order valence-corrected chi connectivity index (χ2v) is 4.13. The lowest BCUT2D eigenvalue weighted by molar-refractivity contribution is -0.139.